The molecule has 4 heteroatoms. The quantitative estimate of drug-likeness (QED) is 0.867. The molecule has 0 amide bonds. The third-order valence-electron chi connectivity index (χ3n) is 2.82. The highest BCUT2D eigenvalue weighted by Gasteiger charge is 2.24. The number of hydrogen-bond donors (Lipinski definition) is 1. The van der Waals surface area contributed by atoms with Gasteiger partial charge in [-0.2, -0.15) is 0 Å². The first kappa shape index (κ1) is 11.1. The van der Waals surface area contributed by atoms with Crippen LogP contribution >= 0.6 is 23.2 Å². The van der Waals surface area contributed by atoms with Crippen molar-refractivity contribution in [3.05, 3.63) is 28.2 Å². The molecule has 0 saturated carbocycles. The normalized spacial score (nSPS) is 21.0. The second kappa shape index (κ2) is 4.60. The lowest BCUT2D eigenvalue weighted by Crippen LogP contribution is -2.31. The summed E-state index contributed by atoms with van der Waals surface area (Å²) in [5.41, 5.74) is 1.04. The number of aliphatic hydroxyl groups is 1. The van der Waals surface area contributed by atoms with E-state index >= 15 is 0 Å². The molecular weight excluding hydrogens is 233 g/mol. The molecule has 1 fully saturated rings. The molecule has 0 aliphatic carbocycles. The van der Waals surface area contributed by atoms with E-state index in [1.165, 1.54) is 0 Å². The van der Waals surface area contributed by atoms with Crippen LogP contribution < -0.4 is 4.90 Å². The molecule has 1 N–H and O–H groups in total. The summed E-state index contributed by atoms with van der Waals surface area (Å²) in [6.07, 6.45) is 2.15. The summed E-state index contributed by atoms with van der Waals surface area (Å²) in [6.45, 7) is 1.17. The van der Waals surface area contributed by atoms with Gasteiger partial charge in [0.1, 0.15) is 0 Å². The number of halogens is 2. The Morgan fingerprint density at radius 1 is 1.33 bits per heavy atom. The summed E-state index contributed by atoms with van der Waals surface area (Å²) in [5.74, 6) is 0. The molecule has 15 heavy (non-hydrogen) atoms. The van der Waals surface area contributed by atoms with Crippen molar-refractivity contribution in [1.29, 1.82) is 0 Å². The Morgan fingerprint density at radius 3 is 2.80 bits per heavy atom. The third kappa shape index (κ3) is 2.22. The van der Waals surface area contributed by atoms with Gasteiger partial charge in [-0.05, 0) is 31.0 Å². The smallest absolute Gasteiger partial charge is 0.0635 e. The Hall–Kier alpha value is -0.440. The van der Waals surface area contributed by atoms with E-state index < -0.39 is 0 Å². The van der Waals surface area contributed by atoms with Gasteiger partial charge >= 0.3 is 0 Å². The van der Waals surface area contributed by atoms with Crippen LogP contribution in [0.3, 0.4) is 0 Å². The summed E-state index contributed by atoms with van der Waals surface area (Å²) in [7, 11) is 0. The largest absolute Gasteiger partial charge is 0.394 e. The number of benzene rings is 1. The van der Waals surface area contributed by atoms with Gasteiger partial charge in [0, 0.05) is 12.2 Å². The number of rotatable bonds is 2. The van der Waals surface area contributed by atoms with Gasteiger partial charge < -0.3 is 10.0 Å². The first-order valence-electron chi connectivity index (χ1n) is 5.05. The number of hydrogen-bond acceptors (Lipinski definition) is 2. The average Bonchev–Trinajstić information content (AvgIpc) is 2.70. The number of anilines is 1. The van der Waals surface area contributed by atoms with E-state index in [4.69, 9.17) is 23.2 Å². The molecule has 1 heterocycles. The zero-order valence-corrected chi connectivity index (χ0v) is 9.80. The average molecular weight is 246 g/mol. The number of nitrogens with zero attached hydrogens (tertiary/aromatic N) is 1. The van der Waals surface area contributed by atoms with Crippen molar-refractivity contribution >= 4 is 28.9 Å². The van der Waals surface area contributed by atoms with Crippen LogP contribution in [0.4, 0.5) is 5.69 Å². The van der Waals surface area contributed by atoms with Crippen LogP contribution in [0.15, 0.2) is 18.2 Å². The fourth-order valence-corrected chi connectivity index (χ4v) is 2.32. The Bertz CT molecular complexity index is 356. The molecule has 1 aliphatic heterocycles. The molecule has 0 spiro atoms. The van der Waals surface area contributed by atoms with E-state index in [2.05, 4.69) is 4.90 Å². The summed E-state index contributed by atoms with van der Waals surface area (Å²) < 4.78 is 0. The van der Waals surface area contributed by atoms with E-state index in [-0.39, 0.29) is 12.6 Å². The highest BCUT2D eigenvalue weighted by Crippen LogP contribution is 2.31. The van der Waals surface area contributed by atoms with Crippen LogP contribution in [0.5, 0.6) is 0 Å². The first-order valence-corrected chi connectivity index (χ1v) is 5.80. The van der Waals surface area contributed by atoms with Crippen molar-refractivity contribution in [2.75, 3.05) is 18.1 Å². The molecular formula is C11H13Cl2NO. The summed E-state index contributed by atoms with van der Waals surface area (Å²) in [4.78, 5) is 2.18. The van der Waals surface area contributed by atoms with Gasteiger partial charge in [-0.1, -0.05) is 23.2 Å². The topological polar surface area (TPSA) is 23.5 Å². The minimum Gasteiger partial charge on any atom is -0.394 e. The van der Waals surface area contributed by atoms with Crippen molar-refractivity contribution in [3.63, 3.8) is 0 Å². The van der Waals surface area contributed by atoms with E-state index in [0.717, 1.165) is 25.1 Å². The maximum absolute atomic E-state index is 9.22. The second-order valence-electron chi connectivity index (χ2n) is 3.77. The van der Waals surface area contributed by atoms with Crippen LogP contribution in [-0.4, -0.2) is 24.3 Å². The minimum atomic E-state index is 0.195. The zero-order valence-electron chi connectivity index (χ0n) is 8.29. The van der Waals surface area contributed by atoms with Crippen molar-refractivity contribution in [1.82, 2.24) is 0 Å². The summed E-state index contributed by atoms with van der Waals surface area (Å²) in [6, 6.07) is 5.83. The molecule has 0 radical (unpaired) electrons. The van der Waals surface area contributed by atoms with Crippen LogP contribution in [0.2, 0.25) is 10.0 Å². The second-order valence-corrected chi connectivity index (χ2v) is 4.58. The standard InChI is InChI=1S/C11H13Cl2NO/c12-10-4-3-8(6-11(10)13)14-5-1-2-9(14)7-15/h3-4,6,9,15H,1-2,5,7H2. The molecule has 2 nitrogen and oxygen atoms in total. The summed E-state index contributed by atoms with van der Waals surface area (Å²) >= 11 is 11.8. The molecule has 1 saturated heterocycles. The fourth-order valence-electron chi connectivity index (χ4n) is 2.03. The van der Waals surface area contributed by atoms with Crippen LogP contribution in [0.25, 0.3) is 0 Å². The lowest BCUT2D eigenvalue weighted by atomic mass is 10.2. The van der Waals surface area contributed by atoms with Crippen molar-refractivity contribution < 1.29 is 5.11 Å². The van der Waals surface area contributed by atoms with Crippen LogP contribution in [-0.2, 0) is 0 Å². The molecule has 1 aromatic rings. The molecule has 2 rings (SSSR count). The van der Waals surface area contributed by atoms with E-state index in [0.29, 0.717) is 10.0 Å². The van der Waals surface area contributed by atoms with Gasteiger partial charge in [-0.3, -0.25) is 0 Å². The monoisotopic (exact) mass is 245 g/mol. The van der Waals surface area contributed by atoms with Gasteiger partial charge in [0.25, 0.3) is 0 Å². The van der Waals surface area contributed by atoms with Crippen LogP contribution in [0, 0.1) is 0 Å². The molecule has 0 aromatic heterocycles. The SMILES string of the molecule is OCC1CCCN1c1ccc(Cl)c(Cl)c1. The highest BCUT2D eigenvalue weighted by molar-refractivity contribution is 6.42. The minimum absolute atomic E-state index is 0.195. The molecule has 1 aliphatic rings. The molecule has 0 bridgehead atoms. The Labute approximate surface area is 99.4 Å². The number of aliphatic hydroxyl groups excluding tert-OH is 1. The van der Waals surface area contributed by atoms with Crippen molar-refractivity contribution in [2.45, 2.75) is 18.9 Å². The van der Waals surface area contributed by atoms with Gasteiger partial charge in [-0.25, -0.2) is 0 Å². The Balaban J connectivity index is 2.25. The van der Waals surface area contributed by atoms with Crippen LogP contribution in [0.1, 0.15) is 12.8 Å². The zero-order chi connectivity index (χ0) is 10.8. The molecule has 1 aromatic carbocycles. The van der Waals surface area contributed by atoms with Gasteiger partial charge in [0.2, 0.25) is 0 Å². The summed E-state index contributed by atoms with van der Waals surface area (Å²) in [5, 5.41) is 10.4. The Morgan fingerprint density at radius 2 is 2.13 bits per heavy atom. The lowest BCUT2D eigenvalue weighted by molar-refractivity contribution is 0.266. The van der Waals surface area contributed by atoms with Crippen molar-refractivity contribution in [3.8, 4) is 0 Å². The lowest BCUT2D eigenvalue weighted by Gasteiger charge is -2.25. The third-order valence-corrected chi connectivity index (χ3v) is 3.56. The molecule has 1 atom stereocenters. The van der Waals surface area contributed by atoms with Gasteiger partial charge in [0.05, 0.1) is 22.7 Å². The maximum atomic E-state index is 9.22. The molecule has 82 valence electrons. The van der Waals surface area contributed by atoms with Gasteiger partial charge in [0.15, 0.2) is 0 Å². The van der Waals surface area contributed by atoms with E-state index in [9.17, 15) is 5.11 Å². The van der Waals surface area contributed by atoms with E-state index in [1.54, 1.807) is 6.07 Å². The predicted octanol–water partition coefficient (Wildman–Crippen LogP) is 2.95. The molecule has 1 unspecified atom stereocenters. The van der Waals surface area contributed by atoms with Gasteiger partial charge in [-0.15, -0.1) is 0 Å². The fraction of sp³-hybridized carbons (Fsp3) is 0.455. The highest BCUT2D eigenvalue weighted by atomic mass is 35.5. The Kier molecular flexibility index (Phi) is 3.39. The van der Waals surface area contributed by atoms with E-state index in [1.807, 2.05) is 12.1 Å². The first-order chi connectivity index (χ1) is 7.22. The maximum Gasteiger partial charge on any atom is 0.0635 e. The van der Waals surface area contributed by atoms with Crippen molar-refractivity contribution in [2.24, 2.45) is 0 Å². The predicted molar refractivity (Wildman–Crippen MR) is 63.9 cm³/mol.